The van der Waals surface area contributed by atoms with Crippen molar-refractivity contribution in [2.75, 3.05) is 39.2 Å². The van der Waals surface area contributed by atoms with Gasteiger partial charge in [0.2, 0.25) is 5.91 Å². The zero-order chi connectivity index (χ0) is 23.5. The molecule has 0 aromatic heterocycles. The summed E-state index contributed by atoms with van der Waals surface area (Å²) >= 11 is 7.07. The number of likely N-dealkylation sites (N-methyl/N-ethyl adjacent to an activating group) is 2. The number of hydrogen-bond donors (Lipinski definition) is 0. The highest BCUT2D eigenvalue weighted by atomic mass is 32.2. The maximum absolute atomic E-state index is 14.4. The van der Waals surface area contributed by atoms with Gasteiger partial charge in [0.1, 0.15) is 14.8 Å². The van der Waals surface area contributed by atoms with Crippen molar-refractivity contribution in [2.24, 2.45) is 0 Å². The molecule has 2 saturated heterocycles. The Bertz CT molecular complexity index is 1190. The van der Waals surface area contributed by atoms with Crippen LogP contribution in [0, 0.1) is 0 Å². The number of rotatable bonds is 4. The molecule has 0 bridgehead atoms. The van der Waals surface area contributed by atoms with Crippen LogP contribution in [0.2, 0.25) is 0 Å². The Kier molecular flexibility index (Phi) is 5.15. The maximum Gasteiger partial charge on any atom is 0.254 e. The van der Waals surface area contributed by atoms with Gasteiger partial charge in [0.15, 0.2) is 5.54 Å². The first kappa shape index (κ1) is 22.1. The SMILES string of the molecule is C=CCN1C(=O)[C@]2(SC1=S)[C@@H](c1ccccc1)CN(C)[C@@]21C(=O)N(C)c2ccc(OC)cc21. The zero-order valence-electron chi connectivity index (χ0n) is 18.8. The molecule has 2 amide bonds. The van der Waals surface area contributed by atoms with E-state index in [9.17, 15) is 9.59 Å². The van der Waals surface area contributed by atoms with Crippen molar-refractivity contribution >= 4 is 45.8 Å². The number of amides is 2. The van der Waals surface area contributed by atoms with E-state index in [0.29, 0.717) is 23.2 Å². The highest BCUT2D eigenvalue weighted by molar-refractivity contribution is 8.25. The summed E-state index contributed by atoms with van der Waals surface area (Å²) in [5.74, 6) is 0.121. The van der Waals surface area contributed by atoms with Gasteiger partial charge in [-0.25, -0.2) is 0 Å². The smallest absolute Gasteiger partial charge is 0.254 e. The van der Waals surface area contributed by atoms with Gasteiger partial charge in [0.05, 0.1) is 7.11 Å². The third kappa shape index (κ3) is 2.62. The monoisotopic (exact) mass is 479 g/mol. The van der Waals surface area contributed by atoms with Gasteiger partial charge in [-0.05, 0) is 30.8 Å². The van der Waals surface area contributed by atoms with Crippen LogP contribution in [0.1, 0.15) is 17.0 Å². The molecule has 5 rings (SSSR count). The van der Waals surface area contributed by atoms with Gasteiger partial charge in [0, 0.05) is 37.3 Å². The fourth-order valence-electron chi connectivity index (χ4n) is 5.78. The maximum atomic E-state index is 14.4. The Balaban J connectivity index is 1.84. The van der Waals surface area contributed by atoms with E-state index < -0.39 is 10.3 Å². The molecule has 0 unspecified atom stereocenters. The molecule has 2 spiro atoms. The number of thioether (sulfide) groups is 1. The van der Waals surface area contributed by atoms with Crippen LogP contribution >= 0.6 is 24.0 Å². The number of carbonyl (C=O) groups is 2. The highest BCUT2D eigenvalue weighted by Gasteiger charge is 2.78. The summed E-state index contributed by atoms with van der Waals surface area (Å²) < 4.78 is 4.84. The molecule has 3 aliphatic rings. The van der Waals surface area contributed by atoms with E-state index in [1.165, 1.54) is 11.8 Å². The summed E-state index contributed by atoms with van der Waals surface area (Å²) in [6.07, 6.45) is 1.67. The molecule has 0 aliphatic carbocycles. The van der Waals surface area contributed by atoms with E-state index in [2.05, 4.69) is 6.58 Å². The molecule has 3 aliphatic heterocycles. The lowest BCUT2D eigenvalue weighted by Gasteiger charge is -2.42. The average Bonchev–Trinajstić information content (AvgIpc) is 3.33. The number of thiocarbonyl (C=S) groups is 1. The Hall–Kier alpha value is -2.68. The minimum atomic E-state index is -1.23. The highest BCUT2D eigenvalue weighted by Crippen LogP contribution is 2.66. The van der Waals surface area contributed by atoms with E-state index in [1.54, 1.807) is 30.0 Å². The molecule has 170 valence electrons. The fraction of sp³-hybridized carbons (Fsp3) is 0.320. The van der Waals surface area contributed by atoms with E-state index in [4.69, 9.17) is 17.0 Å². The molecule has 3 heterocycles. The molecule has 0 radical (unpaired) electrons. The topological polar surface area (TPSA) is 53.1 Å². The molecule has 2 fully saturated rings. The third-order valence-electron chi connectivity index (χ3n) is 7.17. The van der Waals surface area contributed by atoms with E-state index in [1.807, 2.05) is 60.5 Å². The van der Waals surface area contributed by atoms with Gasteiger partial charge < -0.3 is 9.64 Å². The van der Waals surface area contributed by atoms with Gasteiger partial charge in [-0.2, -0.15) is 0 Å². The molecular formula is C25H25N3O3S2. The van der Waals surface area contributed by atoms with Crippen LogP contribution in [-0.4, -0.2) is 65.0 Å². The Morgan fingerprint density at radius 2 is 1.91 bits per heavy atom. The normalized spacial score (nSPS) is 28.9. The third-order valence-corrected chi connectivity index (χ3v) is 9.11. The van der Waals surface area contributed by atoms with Crippen LogP contribution in [0.5, 0.6) is 5.75 Å². The van der Waals surface area contributed by atoms with Gasteiger partial charge in [-0.1, -0.05) is 60.4 Å². The fourth-order valence-corrected chi connectivity index (χ4v) is 7.92. The first-order chi connectivity index (χ1) is 15.8. The molecule has 6 nitrogen and oxygen atoms in total. The van der Waals surface area contributed by atoms with Gasteiger partial charge in [0.25, 0.3) is 5.91 Å². The van der Waals surface area contributed by atoms with Crippen molar-refractivity contribution in [3.8, 4) is 5.75 Å². The summed E-state index contributed by atoms with van der Waals surface area (Å²) in [6.45, 7) is 4.65. The minimum Gasteiger partial charge on any atom is -0.497 e. The molecule has 3 atom stereocenters. The molecule has 0 saturated carbocycles. The number of benzene rings is 2. The number of nitrogens with zero attached hydrogens (tertiary/aromatic N) is 3. The van der Waals surface area contributed by atoms with Crippen molar-refractivity contribution in [1.29, 1.82) is 0 Å². The standard InChI is InChI=1S/C25H25N3O3S2/c1-5-13-28-22(30)25(33-23(28)32)19(16-9-7-6-8-10-16)15-26(2)24(25)18-14-17(31-4)11-12-20(18)27(3)21(24)29/h5-12,14,19H,1,13,15H2,2-4H3/t19-,24+,25-/m1/s1. The number of fused-ring (bicyclic) bond motifs is 3. The minimum absolute atomic E-state index is 0.129. The van der Waals surface area contributed by atoms with Crippen LogP contribution in [0.3, 0.4) is 0 Å². The number of hydrogen-bond acceptors (Lipinski definition) is 6. The molecule has 8 heteroatoms. The summed E-state index contributed by atoms with van der Waals surface area (Å²) in [4.78, 5) is 33.9. The second kappa shape index (κ2) is 7.68. The molecule has 2 aromatic carbocycles. The summed E-state index contributed by atoms with van der Waals surface area (Å²) in [6, 6.07) is 15.6. The first-order valence-corrected chi connectivity index (χ1v) is 12.0. The lowest BCUT2D eigenvalue weighted by molar-refractivity contribution is -0.138. The predicted octanol–water partition coefficient (Wildman–Crippen LogP) is 3.38. The Morgan fingerprint density at radius 1 is 1.18 bits per heavy atom. The Labute approximate surface area is 203 Å². The lowest BCUT2D eigenvalue weighted by Crippen LogP contribution is -2.62. The lowest BCUT2D eigenvalue weighted by atomic mass is 9.72. The van der Waals surface area contributed by atoms with Crippen molar-refractivity contribution in [1.82, 2.24) is 9.80 Å². The number of methoxy groups -OCH3 is 1. The van der Waals surface area contributed by atoms with Crippen LogP contribution in [0.25, 0.3) is 0 Å². The molecular weight excluding hydrogens is 454 g/mol. The number of carbonyl (C=O) groups excluding carboxylic acids is 2. The van der Waals surface area contributed by atoms with Gasteiger partial charge in [-0.3, -0.25) is 19.4 Å². The second-order valence-corrected chi connectivity index (χ2v) is 10.5. The van der Waals surface area contributed by atoms with Crippen LogP contribution in [0.4, 0.5) is 5.69 Å². The number of likely N-dealkylation sites (tertiary alicyclic amines) is 1. The van der Waals surface area contributed by atoms with Gasteiger partial charge in [-0.15, -0.1) is 6.58 Å². The molecule has 0 N–H and O–H groups in total. The quantitative estimate of drug-likeness (QED) is 0.495. The van der Waals surface area contributed by atoms with Crippen LogP contribution in [0.15, 0.2) is 61.2 Å². The largest absolute Gasteiger partial charge is 0.497 e. The summed E-state index contributed by atoms with van der Waals surface area (Å²) in [5, 5.41) is 0. The zero-order valence-corrected chi connectivity index (χ0v) is 20.4. The first-order valence-electron chi connectivity index (χ1n) is 10.7. The van der Waals surface area contributed by atoms with Crippen LogP contribution < -0.4 is 9.64 Å². The summed E-state index contributed by atoms with van der Waals surface area (Å²) in [5.41, 5.74) is 1.34. The average molecular weight is 480 g/mol. The number of anilines is 1. The van der Waals surface area contributed by atoms with Crippen molar-refractivity contribution in [2.45, 2.75) is 16.2 Å². The number of ether oxygens (including phenoxy) is 1. The van der Waals surface area contributed by atoms with Gasteiger partial charge >= 0.3 is 0 Å². The van der Waals surface area contributed by atoms with Crippen molar-refractivity contribution in [3.05, 3.63) is 72.3 Å². The Morgan fingerprint density at radius 3 is 2.58 bits per heavy atom. The predicted molar refractivity (Wildman–Crippen MR) is 135 cm³/mol. The molecule has 33 heavy (non-hydrogen) atoms. The van der Waals surface area contributed by atoms with Crippen molar-refractivity contribution in [3.63, 3.8) is 0 Å². The van der Waals surface area contributed by atoms with E-state index >= 15 is 0 Å². The second-order valence-electron chi connectivity index (χ2n) is 8.61. The summed E-state index contributed by atoms with van der Waals surface area (Å²) in [7, 11) is 5.30. The van der Waals surface area contributed by atoms with Crippen LogP contribution in [-0.2, 0) is 15.1 Å². The van der Waals surface area contributed by atoms with E-state index in [-0.39, 0.29) is 17.7 Å². The van der Waals surface area contributed by atoms with Crippen molar-refractivity contribution < 1.29 is 14.3 Å². The van der Waals surface area contributed by atoms with E-state index in [0.717, 1.165) is 16.8 Å². The molecule has 2 aromatic rings.